The highest BCUT2D eigenvalue weighted by Gasteiger charge is 2.15. The summed E-state index contributed by atoms with van der Waals surface area (Å²) in [7, 11) is -2.61. The average Bonchev–Trinajstić information content (AvgIpc) is 2.40. The van der Waals surface area contributed by atoms with E-state index in [1.165, 1.54) is 37.4 Å². The SMILES string of the molecule is COc1ccc(Nc2ccc(N)cc2S(N)(=O)=O)cc1F. The summed E-state index contributed by atoms with van der Waals surface area (Å²) in [4.78, 5) is -0.168. The molecule has 0 saturated heterocycles. The molecule has 0 heterocycles. The van der Waals surface area contributed by atoms with Crippen LogP contribution in [0.2, 0.25) is 0 Å². The molecule has 0 amide bonds. The maximum absolute atomic E-state index is 13.6. The molecule has 0 saturated carbocycles. The summed E-state index contributed by atoms with van der Waals surface area (Å²) in [6, 6.07) is 8.35. The van der Waals surface area contributed by atoms with Crippen molar-refractivity contribution in [2.75, 3.05) is 18.2 Å². The topological polar surface area (TPSA) is 107 Å². The Morgan fingerprint density at radius 2 is 1.90 bits per heavy atom. The zero-order valence-corrected chi connectivity index (χ0v) is 11.9. The second kappa shape index (κ2) is 5.58. The molecule has 6 nitrogen and oxygen atoms in total. The third-order valence-electron chi connectivity index (χ3n) is 2.74. The number of primary sulfonamides is 1. The van der Waals surface area contributed by atoms with Gasteiger partial charge in [-0.1, -0.05) is 0 Å². The lowest BCUT2D eigenvalue weighted by atomic mass is 10.2. The van der Waals surface area contributed by atoms with E-state index in [1.54, 1.807) is 6.07 Å². The minimum atomic E-state index is -3.96. The molecule has 2 rings (SSSR count). The highest BCUT2D eigenvalue weighted by Crippen LogP contribution is 2.28. The molecule has 0 atom stereocenters. The van der Waals surface area contributed by atoms with Gasteiger partial charge in [0.2, 0.25) is 10.0 Å². The largest absolute Gasteiger partial charge is 0.494 e. The van der Waals surface area contributed by atoms with Gasteiger partial charge in [0.05, 0.1) is 12.8 Å². The minimum Gasteiger partial charge on any atom is -0.494 e. The van der Waals surface area contributed by atoms with Gasteiger partial charge < -0.3 is 15.8 Å². The number of nitrogens with two attached hydrogens (primary N) is 2. The van der Waals surface area contributed by atoms with Crippen molar-refractivity contribution < 1.29 is 17.5 Å². The zero-order valence-electron chi connectivity index (χ0n) is 11.1. The molecule has 0 spiro atoms. The second-order valence-corrected chi connectivity index (χ2v) is 5.80. The maximum atomic E-state index is 13.6. The number of ether oxygens (including phenoxy) is 1. The first kappa shape index (κ1) is 15.1. The fourth-order valence-electron chi connectivity index (χ4n) is 1.78. The summed E-state index contributed by atoms with van der Waals surface area (Å²) in [5, 5.41) is 7.93. The number of anilines is 3. The van der Waals surface area contributed by atoms with Gasteiger partial charge in [-0.25, -0.2) is 17.9 Å². The fraction of sp³-hybridized carbons (Fsp3) is 0.0769. The summed E-state index contributed by atoms with van der Waals surface area (Å²) in [5.74, 6) is -0.486. The van der Waals surface area contributed by atoms with Gasteiger partial charge in [-0.15, -0.1) is 0 Å². The van der Waals surface area contributed by atoms with E-state index in [9.17, 15) is 12.8 Å². The number of rotatable bonds is 4. The molecule has 0 unspecified atom stereocenters. The molecule has 0 aliphatic heterocycles. The van der Waals surface area contributed by atoms with Crippen LogP contribution >= 0.6 is 0 Å². The summed E-state index contributed by atoms with van der Waals surface area (Å²) >= 11 is 0. The Bertz CT molecular complexity index is 778. The highest BCUT2D eigenvalue weighted by molar-refractivity contribution is 7.89. The van der Waals surface area contributed by atoms with Crippen molar-refractivity contribution in [2.45, 2.75) is 4.90 Å². The van der Waals surface area contributed by atoms with Gasteiger partial charge in [0.25, 0.3) is 0 Å². The maximum Gasteiger partial charge on any atom is 0.240 e. The van der Waals surface area contributed by atoms with Crippen molar-refractivity contribution >= 4 is 27.1 Å². The standard InChI is InChI=1S/C13H14FN3O3S/c1-20-12-5-3-9(7-10(12)14)17-11-4-2-8(15)6-13(11)21(16,18)19/h2-7,17H,15H2,1H3,(H2,16,18,19). The molecular formula is C13H14FN3O3S. The first-order valence-corrected chi connectivity index (χ1v) is 7.39. The number of methoxy groups -OCH3 is 1. The molecule has 8 heteroatoms. The van der Waals surface area contributed by atoms with Crippen molar-refractivity contribution in [3.05, 3.63) is 42.2 Å². The number of sulfonamides is 1. The van der Waals surface area contributed by atoms with Crippen LogP contribution in [0.15, 0.2) is 41.3 Å². The molecule has 0 radical (unpaired) electrons. The predicted octanol–water partition coefficient (Wildman–Crippen LogP) is 1.81. The van der Waals surface area contributed by atoms with Gasteiger partial charge in [0.1, 0.15) is 4.90 Å². The average molecular weight is 311 g/mol. The van der Waals surface area contributed by atoms with E-state index < -0.39 is 15.8 Å². The molecule has 21 heavy (non-hydrogen) atoms. The zero-order chi connectivity index (χ0) is 15.6. The Morgan fingerprint density at radius 1 is 1.19 bits per heavy atom. The van der Waals surface area contributed by atoms with E-state index in [4.69, 9.17) is 15.6 Å². The monoisotopic (exact) mass is 311 g/mol. The van der Waals surface area contributed by atoms with Gasteiger partial charge in [-0.2, -0.15) is 0 Å². The van der Waals surface area contributed by atoms with Gasteiger partial charge in [0.15, 0.2) is 11.6 Å². The van der Waals surface area contributed by atoms with Crippen molar-refractivity contribution in [2.24, 2.45) is 5.14 Å². The van der Waals surface area contributed by atoms with Gasteiger partial charge in [0, 0.05) is 17.4 Å². The van der Waals surface area contributed by atoms with Crippen LogP contribution in [0.4, 0.5) is 21.5 Å². The van der Waals surface area contributed by atoms with E-state index in [0.29, 0.717) is 5.69 Å². The minimum absolute atomic E-state index is 0.0875. The van der Waals surface area contributed by atoms with Crippen LogP contribution in [0.25, 0.3) is 0 Å². The first-order valence-electron chi connectivity index (χ1n) is 5.84. The van der Waals surface area contributed by atoms with Crippen molar-refractivity contribution in [3.63, 3.8) is 0 Å². The van der Waals surface area contributed by atoms with E-state index in [2.05, 4.69) is 5.32 Å². The number of halogens is 1. The first-order chi connectivity index (χ1) is 9.81. The quantitative estimate of drug-likeness (QED) is 0.746. The Morgan fingerprint density at radius 3 is 2.48 bits per heavy atom. The second-order valence-electron chi connectivity index (χ2n) is 4.27. The number of hydrogen-bond donors (Lipinski definition) is 3. The summed E-state index contributed by atoms with van der Waals surface area (Å²) in [6.07, 6.45) is 0. The van der Waals surface area contributed by atoms with Crippen LogP contribution < -0.4 is 20.9 Å². The molecule has 0 fully saturated rings. The molecule has 2 aromatic carbocycles. The Kier molecular flexibility index (Phi) is 4.01. The van der Waals surface area contributed by atoms with Crippen molar-refractivity contribution in [1.82, 2.24) is 0 Å². The Hall–Kier alpha value is -2.32. The lowest BCUT2D eigenvalue weighted by Gasteiger charge is -2.12. The number of nitrogen functional groups attached to an aromatic ring is 1. The van der Waals surface area contributed by atoms with Crippen LogP contribution in [0.5, 0.6) is 5.75 Å². The number of hydrogen-bond acceptors (Lipinski definition) is 5. The molecule has 0 aliphatic carbocycles. The van der Waals surface area contributed by atoms with E-state index >= 15 is 0 Å². The number of benzene rings is 2. The summed E-state index contributed by atoms with van der Waals surface area (Å²) < 4.78 is 41.5. The lowest BCUT2D eigenvalue weighted by Crippen LogP contribution is -2.14. The normalized spacial score (nSPS) is 11.2. The Balaban J connectivity index is 2.42. The molecule has 5 N–H and O–H groups in total. The molecule has 0 bridgehead atoms. The molecule has 112 valence electrons. The third kappa shape index (κ3) is 3.41. The third-order valence-corrected chi connectivity index (χ3v) is 3.69. The van der Waals surface area contributed by atoms with Crippen molar-refractivity contribution in [3.8, 4) is 5.75 Å². The summed E-state index contributed by atoms with van der Waals surface area (Å²) in [5.41, 5.74) is 6.37. The van der Waals surface area contributed by atoms with E-state index in [1.807, 2.05) is 0 Å². The van der Waals surface area contributed by atoms with Gasteiger partial charge in [-0.05, 0) is 30.3 Å². The van der Waals surface area contributed by atoms with E-state index in [0.717, 1.165) is 0 Å². The van der Waals surface area contributed by atoms with Crippen LogP contribution in [0, 0.1) is 5.82 Å². The Labute approximate surface area is 121 Å². The molecular weight excluding hydrogens is 297 g/mol. The van der Waals surface area contributed by atoms with Crippen LogP contribution in [-0.2, 0) is 10.0 Å². The van der Waals surface area contributed by atoms with Crippen molar-refractivity contribution in [1.29, 1.82) is 0 Å². The molecule has 0 aliphatic rings. The fourth-order valence-corrected chi connectivity index (χ4v) is 2.50. The van der Waals surface area contributed by atoms with Gasteiger partial charge >= 0.3 is 0 Å². The highest BCUT2D eigenvalue weighted by atomic mass is 32.2. The smallest absolute Gasteiger partial charge is 0.240 e. The summed E-state index contributed by atoms with van der Waals surface area (Å²) in [6.45, 7) is 0. The molecule has 2 aromatic rings. The van der Waals surface area contributed by atoms with Crippen LogP contribution in [0.1, 0.15) is 0 Å². The predicted molar refractivity (Wildman–Crippen MR) is 78.5 cm³/mol. The lowest BCUT2D eigenvalue weighted by molar-refractivity contribution is 0.386. The van der Waals surface area contributed by atoms with E-state index in [-0.39, 0.29) is 22.0 Å². The molecule has 0 aromatic heterocycles. The number of nitrogens with one attached hydrogen (secondary N) is 1. The van der Waals surface area contributed by atoms with Gasteiger partial charge in [-0.3, -0.25) is 0 Å². The van der Waals surface area contributed by atoms with Crippen LogP contribution in [-0.4, -0.2) is 15.5 Å². The van der Waals surface area contributed by atoms with Crippen LogP contribution in [0.3, 0.4) is 0 Å².